The smallest absolute Gasteiger partial charge is 0.248 e. The van der Waals surface area contributed by atoms with Gasteiger partial charge in [0.2, 0.25) is 11.8 Å². The van der Waals surface area contributed by atoms with Crippen LogP contribution < -0.4 is 5.32 Å². The van der Waals surface area contributed by atoms with Crippen molar-refractivity contribution < 1.29 is 4.42 Å². The molecule has 0 saturated heterocycles. The van der Waals surface area contributed by atoms with Gasteiger partial charge in [0.1, 0.15) is 0 Å². The molecule has 1 aromatic carbocycles. The van der Waals surface area contributed by atoms with Gasteiger partial charge >= 0.3 is 0 Å². The summed E-state index contributed by atoms with van der Waals surface area (Å²) in [5.41, 5.74) is 2.16. The van der Waals surface area contributed by atoms with E-state index in [2.05, 4.69) is 15.5 Å². The fourth-order valence-electron chi connectivity index (χ4n) is 1.77. The standard InChI is InChI=1S/C13H15N3O/c1-9-4-2-3-5-11(9)13-16-15-12(17-13)8-14-10-6-7-10/h2-5,10,14H,6-8H2,1H3. The number of aryl methyl sites for hydroxylation is 1. The maximum absolute atomic E-state index is 5.64. The third-order valence-electron chi connectivity index (χ3n) is 2.96. The van der Waals surface area contributed by atoms with E-state index in [1.54, 1.807) is 0 Å². The van der Waals surface area contributed by atoms with Crippen LogP contribution in [0.4, 0.5) is 0 Å². The fraction of sp³-hybridized carbons (Fsp3) is 0.385. The lowest BCUT2D eigenvalue weighted by molar-refractivity contribution is 0.476. The Labute approximate surface area is 100 Å². The van der Waals surface area contributed by atoms with E-state index < -0.39 is 0 Å². The molecule has 3 rings (SSSR count). The largest absolute Gasteiger partial charge is 0.419 e. The Morgan fingerprint density at radius 2 is 2.12 bits per heavy atom. The molecule has 0 bridgehead atoms. The summed E-state index contributed by atoms with van der Waals surface area (Å²) in [5.74, 6) is 1.27. The molecule has 0 radical (unpaired) electrons. The van der Waals surface area contributed by atoms with Crippen molar-refractivity contribution in [2.24, 2.45) is 0 Å². The average molecular weight is 229 g/mol. The third kappa shape index (κ3) is 2.36. The monoisotopic (exact) mass is 229 g/mol. The number of hydrogen-bond acceptors (Lipinski definition) is 4. The number of nitrogens with zero attached hydrogens (tertiary/aromatic N) is 2. The van der Waals surface area contributed by atoms with Crippen molar-refractivity contribution >= 4 is 0 Å². The van der Waals surface area contributed by atoms with E-state index in [1.165, 1.54) is 12.8 Å². The lowest BCUT2D eigenvalue weighted by Crippen LogP contribution is -2.15. The number of hydrogen-bond donors (Lipinski definition) is 1. The van der Waals surface area contributed by atoms with Crippen molar-refractivity contribution in [3.8, 4) is 11.5 Å². The van der Waals surface area contributed by atoms with Gasteiger partial charge in [-0.25, -0.2) is 0 Å². The number of benzene rings is 1. The number of rotatable bonds is 4. The van der Waals surface area contributed by atoms with Gasteiger partial charge in [0.15, 0.2) is 0 Å². The van der Waals surface area contributed by atoms with E-state index >= 15 is 0 Å². The molecule has 0 aliphatic heterocycles. The quantitative estimate of drug-likeness (QED) is 0.874. The van der Waals surface area contributed by atoms with Crippen LogP contribution in [0.25, 0.3) is 11.5 Å². The van der Waals surface area contributed by atoms with E-state index in [0.29, 0.717) is 24.4 Å². The van der Waals surface area contributed by atoms with E-state index in [4.69, 9.17) is 4.42 Å². The lowest BCUT2D eigenvalue weighted by atomic mass is 10.1. The van der Waals surface area contributed by atoms with Crippen molar-refractivity contribution in [2.45, 2.75) is 32.4 Å². The molecule has 88 valence electrons. The molecule has 0 atom stereocenters. The summed E-state index contributed by atoms with van der Waals surface area (Å²) in [6.45, 7) is 2.71. The molecule has 1 aromatic heterocycles. The van der Waals surface area contributed by atoms with Crippen molar-refractivity contribution in [1.29, 1.82) is 0 Å². The third-order valence-corrected chi connectivity index (χ3v) is 2.96. The molecule has 1 heterocycles. The molecule has 4 heteroatoms. The first-order valence-electron chi connectivity index (χ1n) is 5.95. The van der Waals surface area contributed by atoms with Gasteiger partial charge in [-0.3, -0.25) is 0 Å². The highest BCUT2D eigenvalue weighted by Crippen LogP contribution is 2.22. The Hall–Kier alpha value is -1.68. The van der Waals surface area contributed by atoms with Crippen molar-refractivity contribution in [1.82, 2.24) is 15.5 Å². The second kappa shape index (κ2) is 4.30. The Kier molecular flexibility index (Phi) is 2.65. The molecule has 4 nitrogen and oxygen atoms in total. The van der Waals surface area contributed by atoms with Crippen LogP contribution >= 0.6 is 0 Å². The van der Waals surface area contributed by atoms with Crippen LogP contribution in [0.1, 0.15) is 24.3 Å². The topological polar surface area (TPSA) is 51.0 Å². The first-order chi connectivity index (χ1) is 8.33. The highest BCUT2D eigenvalue weighted by atomic mass is 16.4. The van der Waals surface area contributed by atoms with Gasteiger partial charge in [0, 0.05) is 11.6 Å². The second-order valence-corrected chi connectivity index (χ2v) is 4.47. The maximum atomic E-state index is 5.64. The first-order valence-corrected chi connectivity index (χ1v) is 5.95. The van der Waals surface area contributed by atoms with Crippen molar-refractivity contribution in [2.75, 3.05) is 0 Å². The van der Waals surface area contributed by atoms with Crippen LogP contribution in [0.15, 0.2) is 28.7 Å². The first kappa shape index (κ1) is 10.5. The van der Waals surface area contributed by atoms with Gasteiger partial charge in [-0.2, -0.15) is 0 Å². The van der Waals surface area contributed by atoms with E-state index in [9.17, 15) is 0 Å². The molecule has 0 spiro atoms. The average Bonchev–Trinajstić information content (AvgIpc) is 3.06. The molecule has 1 aliphatic carbocycles. The second-order valence-electron chi connectivity index (χ2n) is 4.47. The zero-order valence-corrected chi connectivity index (χ0v) is 9.81. The van der Waals surface area contributed by atoms with Crippen LogP contribution in [0.3, 0.4) is 0 Å². The minimum atomic E-state index is 0.607. The summed E-state index contributed by atoms with van der Waals surface area (Å²) in [5, 5.41) is 11.5. The highest BCUT2D eigenvalue weighted by Gasteiger charge is 2.21. The Morgan fingerprint density at radius 3 is 2.88 bits per heavy atom. The Balaban J connectivity index is 1.77. The van der Waals surface area contributed by atoms with Gasteiger partial charge in [0.25, 0.3) is 0 Å². The van der Waals surface area contributed by atoms with E-state index in [-0.39, 0.29) is 0 Å². The molecule has 0 amide bonds. The van der Waals surface area contributed by atoms with E-state index in [0.717, 1.165) is 11.1 Å². The van der Waals surface area contributed by atoms with Gasteiger partial charge in [-0.05, 0) is 31.4 Å². The Morgan fingerprint density at radius 1 is 1.29 bits per heavy atom. The molecule has 0 unspecified atom stereocenters. The Bertz CT molecular complexity index is 517. The minimum absolute atomic E-state index is 0.607. The van der Waals surface area contributed by atoms with Gasteiger partial charge in [-0.15, -0.1) is 10.2 Å². The predicted octanol–water partition coefficient (Wildman–Crippen LogP) is 2.30. The van der Waals surface area contributed by atoms with Crippen LogP contribution in [0, 0.1) is 6.92 Å². The summed E-state index contributed by atoms with van der Waals surface area (Å²) in [6.07, 6.45) is 2.53. The zero-order valence-electron chi connectivity index (χ0n) is 9.81. The zero-order chi connectivity index (χ0) is 11.7. The van der Waals surface area contributed by atoms with Crippen molar-refractivity contribution in [3.05, 3.63) is 35.7 Å². The van der Waals surface area contributed by atoms with Crippen molar-refractivity contribution in [3.63, 3.8) is 0 Å². The summed E-state index contributed by atoms with van der Waals surface area (Å²) in [7, 11) is 0. The molecule has 2 aromatic rings. The van der Waals surface area contributed by atoms with Crippen LogP contribution in [-0.4, -0.2) is 16.2 Å². The number of nitrogens with one attached hydrogen (secondary N) is 1. The maximum Gasteiger partial charge on any atom is 0.248 e. The highest BCUT2D eigenvalue weighted by molar-refractivity contribution is 5.57. The minimum Gasteiger partial charge on any atom is -0.419 e. The van der Waals surface area contributed by atoms with Crippen LogP contribution in [-0.2, 0) is 6.54 Å². The molecular formula is C13H15N3O. The summed E-state index contributed by atoms with van der Waals surface area (Å²) in [4.78, 5) is 0. The van der Waals surface area contributed by atoms with Gasteiger partial charge in [0.05, 0.1) is 6.54 Å². The summed E-state index contributed by atoms with van der Waals surface area (Å²) >= 11 is 0. The predicted molar refractivity (Wildman–Crippen MR) is 64.3 cm³/mol. The van der Waals surface area contributed by atoms with Crippen LogP contribution in [0.5, 0.6) is 0 Å². The molecule has 1 saturated carbocycles. The molecule has 1 N–H and O–H groups in total. The lowest BCUT2D eigenvalue weighted by Gasteiger charge is -1.99. The number of aromatic nitrogens is 2. The summed E-state index contributed by atoms with van der Waals surface area (Å²) < 4.78 is 5.64. The van der Waals surface area contributed by atoms with E-state index in [1.807, 2.05) is 31.2 Å². The molecule has 1 aliphatic rings. The molecule has 17 heavy (non-hydrogen) atoms. The molecule has 1 fully saturated rings. The van der Waals surface area contributed by atoms with Gasteiger partial charge < -0.3 is 9.73 Å². The normalized spacial score (nSPS) is 15.1. The fourth-order valence-corrected chi connectivity index (χ4v) is 1.77. The molecular weight excluding hydrogens is 214 g/mol. The van der Waals surface area contributed by atoms with Crippen LogP contribution in [0.2, 0.25) is 0 Å². The van der Waals surface area contributed by atoms with Gasteiger partial charge in [-0.1, -0.05) is 18.2 Å². The summed E-state index contributed by atoms with van der Waals surface area (Å²) in [6, 6.07) is 8.69. The SMILES string of the molecule is Cc1ccccc1-c1nnc(CNC2CC2)o1.